The van der Waals surface area contributed by atoms with Gasteiger partial charge in [-0.15, -0.1) is 0 Å². The molecule has 1 aliphatic heterocycles. The molecule has 10 heteroatoms. The zero-order chi connectivity index (χ0) is 19.7. The van der Waals surface area contributed by atoms with Crippen molar-refractivity contribution in [1.29, 1.82) is 0 Å². The van der Waals surface area contributed by atoms with Crippen LogP contribution >= 0.6 is 15.9 Å². The molecule has 3 aromatic rings. The van der Waals surface area contributed by atoms with Gasteiger partial charge in [0.25, 0.3) is 0 Å². The van der Waals surface area contributed by atoms with Crippen molar-refractivity contribution in [2.24, 2.45) is 0 Å². The highest BCUT2D eigenvalue weighted by atomic mass is 79.9. The lowest BCUT2D eigenvalue weighted by Crippen LogP contribution is -2.20. The van der Waals surface area contributed by atoms with Gasteiger partial charge in [-0.2, -0.15) is 0 Å². The summed E-state index contributed by atoms with van der Waals surface area (Å²) in [5, 5.41) is 18.0. The highest BCUT2D eigenvalue weighted by Crippen LogP contribution is 2.36. The smallest absolute Gasteiger partial charge is 0.311 e. The Morgan fingerprint density at radius 2 is 2.18 bits per heavy atom. The predicted octanol–water partition coefficient (Wildman–Crippen LogP) is 3.92. The number of ether oxygens (including phenoxy) is 1. The van der Waals surface area contributed by atoms with Crippen LogP contribution in [-0.4, -0.2) is 34.1 Å². The predicted molar refractivity (Wildman–Crippen MR) is 105 cm³/mol. The molecule has 0 amide bonds. The molecule has 0 radical (unpaired) electrons. The summed E-state index contributed by atoms with van der Waals surface area (Å²) in [6.07, 6.45) is 1.95. The molecule has 2 heterocycles. The van der Waals surface area contributed by atoms with Crippen LogP contribution in [0.1, 0.15) is 6.42 Å². The fourth-order valence-corrected chi connectivity index (χ4v) is 3.37. The fraction of sp³-hybridized carbons (Fsp3) is 0.222. The van der Waals surface area contributed by atoms with E-state index in [-0.39, 0.29) is 29.0 Å². The number of nitro benzene ring substituents is 1. The highest BCUT2D eigenvalue weighted by Gasteiger charge is 2.24. The Morgan fingerprint density at radius 3 is 2.89 bits per heavy atom. The first-order valence-corrected chi connectivity index (χ1v) is 9.33. The molecule has 0 aliphatic carbocycles. The number of aromatic nitrogens is 2. The van der Waals surface area contributed by atoms with Crippen LogP contribution in [0.3, 0.4) is 0 Å². The maximum atomic E-state index is 14.2. The third-order valence-electron chi connectivity index (χ3n) is 4.41. The van der Waals surface area contributed by atoms with Crippen LogP contribution in [0.4, 0.5) is 21.6 Å². The molecule has 1 atom stereocenters. The van der Waals surface area contributed by atoms with E-state index in [9.17, 15) is 14.5 Å². The van der Waals surface area contributed by atoms with E-state index in [4.69, 9.17) is 4.74 Å². The molecule has 0 spiro atoms. The maximum absolute atomic E-state index is 14.2. The molecule has 28 heavy (non-hydrogen) atoms. The van der Waals surface area contributed by atoms with E-state index in [1.807, 2.05) is 0 Å². The number of hydrogen-bond acceptors (Lipinski definition) is 7. The second kappa shape index (κ2) is 7.64. The number of benzene rings is 2. The molecule has 2 aromatic carbocycles. The number of nitrogens with one attached hydrogen (secondary N) is 2. The average Bonchev–Trinajstić information content (AvgIpc) is 3.16. The molecule has 1 saturated heterocycles. The molecule has 2 N–H and O–H groups in total. The number of nitrogens with zero attached hydrogens (tertiary/aromatic N) is 3. The maximum Gasteiger partial charge on any atom is 0.311 e. The van der Waals surface area contributed by atoms with Crippen LogP contribution in [0, 0.1) is 15.9 Å². The van der Waals surface area contributed by atoms with E-state index in [0.29, 0.717) is 21.9 Å². The van der Waals surface area contributed by atoms with Gasteiger partial charge in [-0.3, -0.25) is 10.1 Å². The highest BCUT2D eigenvalue weighted by molar-refractivity contribution is 9.10. The summed E-state index contributed by atoms with van der Waals surface area (Å²) in [5.41, 5.74) is 0.471. The van der Waals surface area contributed by atoms with E-state index in [1.54, 1.807) is 12.1 Å². The third kappa shape index (κ3) is 3.73. The zero-order valence-corrected chi connectivity index (χ0v) is 16.1. The topological polar surface area (TPSA) is 102 Å². The minimum atomic E-state index is -0.506. The summed E-state index contributed by atoms with van der Waals surface area (Å²) in [6.45, 7) is 1.44. The number of anilines is 2. The van der Waals surface area contributed by atoms with Crippen molar-refractivity contribution in [3.05, 3.63) is 57.1 Å². The van der Waals surface area contributed by atoms with E-state index < -0.39 is 10.7 Å². The number of hydrogen-bond donors (Lipinski definition) is 2. The van der Waals surface area contributed by atoms with Gasteiger partial charge in [0.05, 0.1) is 21.5 Å². The van der Waals surface area contributed by atoms with E-state index in [2.05, 4.69) is 36.5 Å². The molecule has 4 rings (SSSR count). The number of halogens is 2. The summed E-state index contributed by atoms with van der Waals surface area (Å²) >= 11 is 3.20. The molecular formula is C18H15BrFN5O3. The van der Waals surface area contributed by atoms with E-state index >= 15 is 0 Å². The van der Waals surface area contributed by atoms with Crippen molar-refractivity contribution < 1.29 is 14.1 Å². The largest absolute Gasteiger partial charge is 0.482 e. The Hall–Kier alpha value is -2.85. The Labute approximate surface area is 167 Å². The second-order valence-corrected chi connectivity index (χ2v) is 7.21. The molecule has 0 bridgehead atoms. The molecule has 0 saturated carbocycles. The summed E-state index contributed by atoms with van der Waals surface area (Å²) in [4.78, 5) is 19.4. The van der Waals surface area contributed by atoms with Crippen LogP contribution in [0.2, 0.25) is 0 Å². The van der Waals surface area contributed by atoms with E-state index in [0.717, 1.165) is 13.0 Å². The van der Waals surface area contributed by atoms with Crippen molar-refractivity contribution >= 4 is 44.0 Å². The standard InChI is InChI=1S/C18H15BrFN5O3/c19-10-1-2-14(13(20)5-10)24-18-12-6-16(25(26)27)17(7-15(12)22-9-23-18)28-11-3-4-21-8-11/h1-2,5-7,9,11,21H,3-4,8H2,(H,22,23,24). The van der Waals surface area contributed by atoms with Gasteiger partial charge in [-0.25, -0.2) is 14.4 Å². The van der Waals surface area contributed by atoms with Crippen molar-refractivity contribution in [1.82, 2.24) is 15.3 Å². The lowest BCUT2D eigenvalue weighted by atomic mass is 10.2. The normalized spacial score (nSPS) is 16.3. The Morgan fingerprint density at radius 1 is 1.32 bits per heavy atom. The van der Waals surface area contributed by atoms with Gasteiger partial charge >= 0.3 is 5.69 Å². The molecule has 1 fully saturated rings. The first-order chi connectivity index (χ1) is 13.5. The van der Waals surface area contributed by atoms with Crippen molar-refractivity contribution in [3.8, 4) is 5.75 Å². The van der Waals surface area contributed by atoms with Crippen molar-refractivity contribution in [3.63, 3.8) is 0 Å². The van der Waals surface area contributed by atoms with Crippen molar-refractivity contribution in [2.45, 2.75) is 12.5 Å². The molecule has 8 nitrogen and oxygen atoms in total. The van der Waals surface area contributed by atoms with Crippen LogP contribution in [0.15, 0.2) is 41.1 Å². The van der Waals surface area contributed by atoms with E-state index in [1.165, 1.54) is 24.5 Å². The average molecular weight is 448 g/mol. The van der Waals surface area contributed by atoms with Gasteiger partial charge in [-0.1, -0.05) is 15.9 Å². The fourth-order valence-electron chi connectivity index (χ4n) is 3.04. The number of rotatable bonds is 5. The number of nitro groups is 1. The second-order valence-electron chi connectivity index (χ2n) is 6.30. The summed E-state index contributed by atoms with van der Waals surface area (Å²) in [7, 11) is 0. The third-order valence-corrected chi connectivity index (χ3v) is 4.90. The van der Waals surface area contributed by atoms with Gasteiger partial charge in [-0.05, 0) is 31.2 Å². The quantitative estimate of drug-likeness (QED) is 0.451. The van der Waals surface area contributed by atoms with Gasteiger partial charge in [0, 0.05) is 23.2 Å². The Balaban J connectivity index is 1.76. The lowest BCUT2D eigenvalue weighted by Gasteiger charge is -2.14. The minimum Gasteiger partial charge on any atom is -0.482 e. The van der Waals surface area contributed by atoms with Gasteiger partial charge < -0.3 is 15.4 Å². The monoisotopic (exact) mass is 447 g/mol. The molecular weight excluding hydrogens is 433 g/mol. The molecule has 1 aromatic heterocycles. The zero-order valence-electron chi connectivity index (χ0n) is 14.5. The Bertz CT molecular complexity index is 1060. The SMILES string of the molecule is O=[N+]([O-])c1cc2c(Nc3ccc(Br)cc3F)ncnc2cc1OC1CCNC1. The Kier molecular flexibility index (Phi) is 5.05. The first kappa shape index (κ1) is 18.5. The summed E-state index contributed by atoms with van der Waals surface area (Å²) in [6, 6.07) is 7.42. The van der Waals surface area contributed by atoms with Gasteiger partial charge in [0.2, 0.25) is 0 Å². The first-order valence-electron chi connectivity index (χ1n) is 8.54. The van der Waals surface area contributed by atoms with Gasteiger partial charge in [0.1, 0.15) is 24.1 Å². The minimum absolute atomic E-state index is 0.132. The van der Waals surface area contributed by atoms with Gasteiger partial charge in [0.15, 0.2) is 5.75 Å². The van der Waals surface area contributed by atoms with Crippen molar-refractivity contribution in [2.75, 3.05) is 18.4 Å². The summed E-state index contributed by atoms with van der Waals surface area (Å²) in [5.74, 6) is -0.0570. The molecule has 1 aliphatic rings. The summed E-state index contributed by atoms with van der Waals surface area (Å²) < 4.78 is 20.6. The molecule has 144 valence electrons. The van der Waals surface area contributed by atoms with Crippen LogP contribution in [-0.2, 0) is 0 Å². The number of fused-ring (bicyclic) bond motifs is 1. The lowest BCUT2D eigenvalue weighted by molar-refractivity contribution is -0.385. The van der Waals surface area contributed by atoms with Crippen LogP contribution in [0.5, 0.6) is 5.75 Å². The van der Waals surface area contributed by atoms with Crippen LogP contribution in [0.25, 0.3) is 10.9 Å². The molecule has 1 unspecified atom stereocenters. The van der Waals surface area contributed by atoms with Crippen LogP contribution < -0.4 is 15.4 Å².